The molecule has 120 valence electrons. The monoisotopic (exact) mass is 302 g/mol. The van der Waals surface area contributed by atoms with E-state index < -0.39 is 5.92 Å². The minimum Gasteiger partial charge on any atom is -0.383 e. The summed E-state index contributed by atoms with van der Waals surface area (Å²) < 4.78 is 0. The van der Waals surface area contributed by atoms with Crippen LogP contribution in [0.25, 0.3) is 0 Å². The van der Waals surface area contributed by atoms with Crippen LogP contribution in [0.3, 0.4) is 0 Å². The molecule has 0 amide bonds. The highest BCUT2D eigenvalue weighted by molar-refractivity contribution is 6.14. The Labute approximate surface area is 133 Å². The minimum absolute atomic E-state index is 0.0269. The van der Waals surface area contributed by atoms with E-state index >= 15 is 0 Å². The fourth-order valence-electron chi connectivity index (χ4n) is 2.23. The third kappa shape index (κ3) is 6.12. The number of allylic oxidation sites excluding steroid dienone is 6. The van der Waals surface area contributed by atoms with E-state index in [4.69, 9.17) is 0 Å². The van der Waals surface area contributed by atoms with Crippen molar-refractivity contribution >= 4 is 11.6 Å². The van der Waals surface area contributed by atoms with Crippen molar-refractivity contribution in [1.29, 1.82) is 0 Å². The van der Waals surface area contributed by atoms with Crippen LogP contribution >= 0.6 is 0 Å². The predicted octanol–water partition coefficient (Wildman–Crippen LogP) is 2.56. The van der Waals surface area contributed by atoms with E-state index in [9.17, 15) is 9.59 Å². The minimum atomic E-state index is -0.517. The lowest BCUT2D eigenvalue weighted by molar-refractivity contribution is -0.129. The van der Waals surface area contributed by atoms with Gasteiger partial charge in [-0.15, -0.1) is 0 Å². The molecule has 0 aliphatic heterocycles. The molecule has 0 heterocycles. The Morgan fingerprint density at radius 2 is 1.68 bits per heavy atom. The predicted molar refractivity (Wildman–Crippen MR) is 90.2 cm³/mol. The summed E-state index contributed by atoms with van der Waals surface area (Å²) in [5.41, 5.74) is 0.750. The molecule has 1 atom stereocenters. The highest BCUT2D eigenvalue weighted by Gasteiger charge is 2.30. The number of hydrogen-bond donors (Lipinski definition) is 0. The molecule has 0 spiro atoms. The molecule has 1 saturated carbocycles. The fraction of sp³-hybridized carbons (Fsp3) is 0.444. The number of ketones is 2. The molecule has 1 aliphatic rings. The maximum Gasteiger partial charge on any atom is 0.169 e. The molecule has 0 N–H and O–H groups in total. The van der Waals surface area contributed by atoms with Gasteiger partial charge in [-0.3, -0.25) is 9.59 Å². The van der Waals surface area contributed by atoms with E-state index in [0.717, 1.165) is 18.4 Å². The average Bonchev–Trinajstić information content (AvgIpc) is 2.44. The van der Waals surface area contributed by atoms with Crippen LogP contribution < -0.4 is 0 Å². The second-order valence-corrected chi connectivity index (χ2v) is 5.87. The number of Topliss-reactive ketones (excluding diaryl/α,β-unsaturated/α-hetero) is 1. The number of nitrogens with zero attached hydrogens (tertiary/aromatic N) is 2. The summed E-state index contributed by atoms with van der Waals surface area (Å²) in [6.07, 6.45) is 14.7. The van der Waals surface area contributed by atoms with E-state index in [1.165, 1.54) is 6.08 Å². The second kappa shape index (κ2) is 9.03. The van der Waals surface area contributed by atoms with Crippen molar-refractivity contribution in [3.8, 4) is 0 Å². The van der Waals surface area contributed by atoms with Gasteiger partial charge in [-0.05, 0) is 55.5 Å². The number of carbonyl (C=O) groups excluding carboxylic acids is 2. The topological polar surface area (TPSA) is 40.6 Å². The first-order valence-electron chi connectivity index (χ1n) is 7.55. The summed E-state index contributed by atoms with van der Waals surface area (Å²) in [7, 11) is 7.68. The van der Waals surface area contributed by atoms with Gasteiger partial charge in [-0.25, -0.2) is 0 Å². The Balaban J connectivity index is 2.71. The van der Waals surface area contributed by atoms with Crippen LogP contribution in [0, 0.1) is 5.92 Å². The van der Waals surface area contributed by atoms with E-state index in [-0.39, 0.29) is 11.6 Å². The van der Waals surface area contributed by atoms with Crippen molar-refractivity contribution in [3.05, 3.63) is 48.4 Å². The van der Waals surface area contributed by atoms with Gasteiger partial charge >= 0.3 is 0 Å². The molecule has 4 heteroatoms. The van der Waals surface area contributed by atoms with Crippen LogP contribution in [-0.2, 0) is 9.59 Å². The van der Waals surface area contributed by atoms with Crippen molar-refractivity contribution in [1.82, 2.24) is 9.80 Å². The molecule has 0 aromatic heterocycles. The van der Waals surface area contributed by atoms with Crippen molar-refractivity contribution in [2.75, 3.05) is 28.2 Å². The molecular weight excluding hydrogens is 276 g/mol. The standard InChI is InChI=1S/C18H26N2O2/c1-19(2)13-6-5-12-17(21)16-11-7-9-15(18(16)22)10-8-14-20(3)4/h5-6,8,10,12-14,16H,7,9,11H2,1-4H3/b12-5+,13-6+,14-8+,15-10+. The van der Waals surface area contributed by atoms with Crippen molar-refractivity contribution in [2.45, 2.75) is 19.3 Å². The third-order valence-electron chi connectivity index (χ3n) is 3.35. The lowest BCUT2D eigenvalue weighted by Gasteiger charge is -2.20. The van der Waals surface area contributed by atoms with E-state index in [0.29, 0.717) is 6.42 Å². The molecule has 0 aromatic rings. The normalized spacial score (nSPS) is 21.4. The van der Waals surface area contributed by atoms with Gasteiger partial charge in [0.05, 0.1) is 5.92 Å². The SMILES string of the molecule is CN(C)/C=C/C=C/C(=O)C1CCC/C(=C\C=C\N(C)C)C1=O. The Kier molecular flexibility index (Phi) is 7.37. The van der Waals surface area contributed by atoms with Crippen LogP contribution in [0.1, 0.15) is 19.3 Å². The quantitative estimate of drug-likeness (QED) is 0.429. The van der Waals surface area contributed by atoms with Gasteiger partial charge in [0.1, 0.15) is 0 Å². The molecule has 1 unspecified atom stereocenters. The van der Waals surface area contributed by atoms with Crippen LogP contribution in [0.4, 0.5) is 0 Å². The summed E-state index contributed by atoms with van der Waals surface area (Å²) in [6, 6.07) is 0. The van der Waals surface area contributed by atoms with Crippen molar-refractivity contribution in [3.63, 3.8) is 0 Å². The van der Waals surface area contributed by atoms with Crippen molar-refractivity contribution in [2.24, 2.45) is 5.92 Å². The molecule has 4 nitrogen and oxygen atoms in total. The third-order valence-corrected chi connectivity index (χ3v) is 3.35. The van der Waals surface area contributed by atoms with Gasteiger partial charge < -0.3 is 9.80 Å². The number of hydrogen-bond acceptors (Lipinski definition) is 4. The van der Waals surface area contributed by atoms with Crippen LogP contribution in [-0.4, -0.2) is 49.6 Å². The number of carbonyl (C=O) groups is 2. The Hall–Kier alpha value is -2.10. The lowest BCUT2D eigenvalue weighted by atomic mass is 9.81. The Morgan fingerprint density at radius 3 is 2.32 bits per heavy atom. The Morgan fingerprint density at radius 1 is 1.05 bits per heavy atom. The zero-order chi connectivity index (χ0) is 16.5. The molecule has 0 radical (unpaired) electrons. The van der Waals surface area contributed by atoms with Gasteiger partial charge in [0.2, 0.25) is 0 Å². The first kappa shape index (κ1) is 18.0. The molecule has 0 bridgehead atoms. The Bertz CT molecular complexity index is 511. The average molecular weight is 302 g/mol. The maximum absolute atomic E-state index is 12.4. The maximum atomic E-state index is 12.4. The molecule has 1 rings (SSSR count). The molecule has 1 aliphatic carbocycles. The largest absolute Gasteiger partial charge is 0.383 e. The summed E-state index contributed by atoms with van der Waals surface area (Å²) in [6.45, 7) is 0. The first-order chi connectivity index (χ1) is 10.4. The molecule has 1 fully saturated rings. The van der Waals surface area contributed by atoms with Crippen molar-refractivity contribution < 1.29 is 9.59 Å². The zero-order valence-electron chi connectivity index (χ0n) is 14.0. The number of rotatable bonds is 6. The highest BCUT2D eigenvalue weighted by atomic mass is 16.1. The summed E-state index contributed by atoms with van der Waals surface area (Å²) in [5.74, 6) is -0.645. The van der Waals surface area contributed by atoms with Crippen LogP contribution in [0.2, 0.25) is 0 Å². The van der Waals surface area contributed by atoms with Crippen LogP contribution in [0.15, 0.2) is 48.4 Å². The molecular formula is C18H26N2O2. The highest BCUT2D eigenvalue weighted by Crippen LogP contribution is 2.26. The van der Waals surface area contributed by atoms with Gasteiger partial charge in [0, 0.05) is 28.2 Å². The summed E-state index contributed by atoms with van der Waals surface area (Å²) in [5, 5.41) is 0. The smallest absolute Gasteiger partial charge is 0.169 e. The molecule has 0 aromatic carbocycles. The van der Waals surface area contributed by atoms with E-state index in [1.54, 1.807) is 12.2 Å². The second-order valence-electron chi connectivity index (χ2n) is 5.87. The fourth-order valence-corrected chi connectivity index (χ4v) is 2.23. The molecule has 22 heavy (non-hydrogen) atoms. The zero-order valence-corrected chi connectivity index (χ0v) is 14.0. The van der Waals surface area contributed by atoms with E-state index in [1.807, 2.05) is 62.5 Å². The first-order valence-corrected chi connectivity index (χ1v) is 7.55. The van der Waals surface area contributed by atoms with E-state index in [2.05, 4.69) is 0 Å². The van der Waals surface area contributed by atoms with Gasteiger partial charge in [0.25, 0.3) is 0 Å². The summed E-state index contributed by atoms with van der Waals surface area (Å²) in [4.78, 5) is 28.4. The van der Waals surface area contributed by atoms with Crippen LogP contribution in [0.5, 0.6) is 0 Å². The summed E-state index contributed by atoms with van der Waals surface area (Å²) >= 11 is 0. The van der Waals surface area contributed by atoms with Gasteiger partial charge in [0.15, 0.2) is 11.6 Å². The van der Waals surface area contributed by atoms with Gasteiger partial charge in [-0.2, -0.15) is 0 Å². The molecule has 0 saturated heterocycles. The van der Waals surface area contributed by atoms with Gasteiger partial charge in [-0.1, -0.05) is 12.2 Å². The lowest BCUT2D eigenvalue weighted by Crippen LogP contribution is -2.27.